The fourth-order valence-electron chi connectivity index (χ4n) is 1.89. The molecule has 0 amide bonds. The van der Waals surface area contributed by atoms with Crippen molar-refractivity contribution in [2.75, 3.05) is 11.4 Å². The van der Waals surface area contributed by atoms with Crippen molar-refractivity contribution in [3.8, 4) is 0 Å². The summed E-state index contributed by atoms with van der Waals surface area (Å²) >= 11 is 6.12. The topological polar surface area (TPSA) is 20.3 Å². The van der Waals surface area contributed by atoms with Gasteiger partial charge in [-0.2, -0.15) is 0 Å². The quantitative estimate of drug-likeness (QED) is 0.758. The van der Waals surface area contributed by atoms with Gasteiger partial charge in [0.1, 0.15) is 10.0 Å². The second kappa shape index (κ2) is 6.55. The van der Waals surface area contributed by atoms with Crippen LogP contribution in [-0.4, -0.2) is 6.54 Å². The largest absolute Gasteiger partial charge is 0.357 e. The highest BCUT2D eigenvalue weighted by atomic mass is 35.5. The molecule has 0 saturated carbocycles. The molecule has 0 aliphatic rings. The minimum absolute atomic E-state index is 0.0384. The van der Waals surface area contributed by atoms with Crippen molar-refractivity contribution in [1.82, 2.24) is 0 Å². The van der Waals surface area contributed by atoms with Crippen molar-refractivity contribution in [1.29, 1.82) is 0 Å². The maximum Gasteiger partial charge on any atom is 0.263 e. The molecule has 2 rings (SSSR count). The van der Waals surface area contributed by atoms with E-state index in [1.54, 1.807) is 0 Å². The van der Waals surface area contributed by atoms with Crippen LogP contribution < -0.4 is 9.64 Å². The van der Waals surface area contributed by atoms with E-state index in [2.05, 4.69) is 30.9 Å². The molecule has 5 heteroatoms. The maximum absolute atomic E-state index is 11.6. The molecule has 1 aromatic heterocycles. The summed E-state index contributed by atoms with van der Waals surface area (Å²) in [5.41, 5.74) is 1.23. The van der Waals surface area contributed by atoms with E-state index in [4.69, 9.17) is 11.6 Å². The van der Waals surface area contributed by atoms with E-state index in [1.807, 2.05) is 18.2 Å². The first-order valence-electron chi connectivity index (χ1n) is 6.15. The van der Waals surface area contributed by atoms with Gasteiger partial charge in [0.15, 0.2) is 0 Å². The lowest BCUT2D eigenvalue weighted by atomic mass is 10.1. The molecule has 0 aliphatic heterocycles. The molecule has 0 fully saturated rings. The van der Waals surface area contributed by atoms with Gasteiger partial charge in [0, 0.05) is 13.1 Å². The van der Waals surface area contributed by atoms with Gasteiger partial charge in [-0.25, -0.2) is 0 Å². The fraction of sp³-hybridized carbons (Fsp3) is 0.357. The minimum atomic E-state index is -0.0384. The predicted molar refractivity (Wildman–Crippen MR) is 85.8 cm³/mol. The highest BCUT2D eigenvalue weighted by molar-refractivity contribution is 7.70. The smallest absolute Gasteiger partial charge is 0.263 e. The van der Waals surface area contributed by atoms with Gasteiger partial charge < -0.3 is 4.90 Å². The van der Waals surface area contributed by atoms with E-state index in [0.29, 0.717) is 10.9 Å². The van der Waals surface area contributed by atoms with Crippen LogP contribution in [0, 0.1) is 5.92 Å². The second-order valence-corrected chi connectivity index (χ2v) is 7.30. The van der Waals surface area contributed by atoms with Crippen LogP contribution in [0.3, 0.4) is 0 Å². The van der Waals surface area contributed by atoms with Crippen LogP contribution in [0.25, 0.3) is 0 Å². The third-order valence-electron chi connectivity index (χ3n) is 2.65. The molecule has 0 aliphatic carbocycles. The van der Waals surface area contributed by atoms with Crippen molar-refractivity contribution in [2.24, 2.45) is 5.92 Å². The molecule has 0 unspecified atom stereocenters. The molecule has 19 heavy (non-hydrogen) atoms. The Kier molecular flexibility index (Phi) is 5.02. The second-order valence-electron chi connectivity index (χ2n) is 4.83. The lowest BCUT2D eigenvalue weighted by molar-refractivity contribution is 0.612. The summed E-state index contributed by atoms with van der Waals surface area (Å²) in [7, 11) is 2.68. The molecule has 2 aromatic rings. The number of nitrogens with zero attached hydrogens (tertiary/aromatic N) is 1. The Morgan fingerprint density at radius 2 is 1.89 bits per heavy atom. The Hall–Kier alpha value is -0.840. The Morgan fingerprint density at radius 1 is 1.21 bits per heavy atom. The molecule has 2 nitrogen and oxygen atoms in total. The van der Waals surface area contributed by atoms with E-state index >= 15 is 0 Å². The highest BCUT2D eigenvalue weighted by Gasteiger charge is 2.17. The van der Waals surface area contributed by atoms with Crippen LogP contribution in [0.1, 0.15) is 19.4 Å². The van der Waals surface area contributed by atoms with Gasteiger partial charge in [-0.15, -0.1) is 0 Å². The average Bonchev–Trinajstić information content (AvgIpc) is 2.70. The first kappa shape index (κ1) is 14.6. The molecular weight excluding hydrogens is 298 g/mol. The predicted octanol–water partition coefficient (Wildman–Crippen LogP) is 4.49. The van der Waals surface area contributed by atoms with Crippen molar-refractivity contribution in [3.63, 3.8) is 0 Å². The monoisotopic (exact) mass is 313 g/mol. The zero-order valence-corrected chi connectivity index (χ0v) is 13.3. The third-order valence-corrected chi connectivity index (χ3v) is 5.46. The molecule has 0 saturated heterocycles. The van der Waals surface area contributed by atoms with Crippen LogP contribution in [-0.2, 0) is 6.54 Å². The number of rotatable bonds is 5. The molecule has 0 radical (unpaired) electrons. The van der Waals surface area contributed by atoms with Crippen LogP contribution in [0.15, 0.2) is 35.1 Å². The van der Waals surface area contributed by atoms with Crippen LogP contribution in [0.4, 0.5) is 5.00 Å². The van der Waals surface area contributed by atoms with E-state index in [9.17, 15) is 4.79 Å². The van der Waals surface area contributed by atoms with Crippen molar-refractivity contribution < 1.29 is 0 Å². The highest BCUT2D eigenvalue weighted by Crippen LogP contribution is 2.32. The standard InChI is InChI=1S/C14H16ClNOS2/c1-10(2)8-16(9-11-6-4-3-5-7-11)13-12(15)14(17)19-18-13/h3-7,10H,8-9H2,1-2H3. The van der Waals surface area contributed by atoms with Gasteiger partial charge in [-0.1, -0.05) is 66.1 Å². The Bertz CT molecular complexity index is 577. The fourth-order valence-corrected chi connectivity index (χ4v) is 4.60. The molecule has 1 heterocycles. The molecule has 102 valence electrons. The molecule has 0 N–H and O–H groups in total. The molecule has 1 aromatic carbocycles. The summed E-state index contributed by atoms with van der Waals surface area (Å²) in [5.74, 6) is 0.516. The zero-order valence-electron chi connectivity index (χ0n) is 10.9. The number of benzene rings is 1. The Balaban J connectivity index is 2.26. The Morgan fingerprint density at radius 3 is 2.42 bits per heavy atom. The number of halogens is 1. The minimum Gasteiger partial charge on any atom is -0.357 e. The summed E-state index contributed by atoms with van der Waals surface area (Å²) in [6.07, 6.45) is 0. The lowest BCUT2D eigenvalue weighted by Gasteiger charge is -2.25. The zero-order chi connectivity index (χ0) is 13.8. The normalized spacial score (nSPS) is 10.9. The number of anilines is 1. The van der Waals surface area contributed by atoms with Gasteiger partial charge in [-0.3, -0.25) is 4.79 Å². The first-order chi connectivity index (χ1) is 9.08. The van der Waals surface area contributed by atoms with E-state index < -0.39 is 0 Å². The maximum atomic E-state index is 11.6. The summed E-state index contributed by atoms with van der Waals surface area (Å²) in [6.45, 7) is 6.01. The van der Waals surface area contributed by atoms with Crippen LogP contribution >= 0.6 is 32.3 Å². The SMILES string of the molecule is CC(C)CN(Cc1ccccc1)c1ssc(=O)c1Cl. The van der Waals surface area contributed by atoms with Crippen LogP contribution in [0.2, 0.25) is 5.02 Å². The summed E-state index contributed by atoms with van der Waals surface area (Å²) in [4.78, 5) is 13.8. The van der Waals surface area contributed by atoms with E-state index in [-0.39, 0.29) is 4.74 Å². The van der Waals surface area contributed by atoms with Gasteiger partial charge in [0.05, 0.1) is 0 Å². The van der Waals surface area contributed by atoms with Crippen LogP contribution in [0.5, 0.6) is 0 Å². The summed E-state index contributed by atoms with van der Waals surface area (Å²) < 4.78 is -0.0384. The average molecular weight is 314 g/mol. The molecule has 0 atom stereocenters. The van der Waals surface area contributed by atoms with Crippen molar-refractivity contribution in [3.05, 3.63) is 50.5 Å². The Labute approximate surface area is 125 Å². The summed E-state index contributed by atoms with van der Waals surface area (Å²) in [6, 6.07) is 10.3. The number of hydrogen-bond acceptors (Lipinski definition) is 4. The lowest BCUT2D eigenvalue weighted by Crippen LogP contribution is -2.26. The van der Waals surface area contributed by atoms with E-state index in [0.717, 1.165) is 18.1 Å². The first-order valence-corrected chi connectivity index (χ1v) is 8.68. The van der Waals surface area contributed by atoms with Crippen molar-refractivity contribution in [2.45, 2.75) is 20.4 Å². The molecule has 0 bridgehead atoms. The van der Waals surface area contributed by atoms with Gasteiger partial charge in [-0.05, 0) is 21.8 Å². The number of hydrogen-bond donors (Lipinski definition) is 0. The third kappa shape index (κ3) is 3.81. The van der Waals surface area contributed by atoms with E-state index in [1.165, 1.54) is 26.2 Å². The van der Waals surface area contributed by atoms with Gasteiger partial charge >= 0.3 is 0 Å². The molecular formula is C14H16ClNOS2. The summed E-state index contributed by atoms with van der Waals surface area (Å²) in [5, 5.41) is 1.26. The van der Waals surface area contributed by atoms with Gasteiger partial charge in [0.25, 0.3) is 4.74 Å². The van der Waals surface area contributed by atoms with Gasteiger partial charge in [0.2, 0.25) is 0 Å². The molecule has 0 spiro atoms. The van der Waals surface area contributed by atoms with Crippen molar-refractivity contribution >= 4 is 37.3 Å².